The molecule has 1 aromatic carbocycles. The number of hydrogen-bond acceptors (Lipinski definition) is 1. The van der Waals surface area contributed by atoms with Gasteiger partial charge in [-0.15, -0.1) is 11.6 Å². The number of rotatable bonds is 0. The third-order valence-electron chi connectivity index (χ3n) is 4.73. The zero-order valence-corrected chi connectivity index (χ0v) is 9.06. The molecule has 3 aliphatic carbocycles. The molecule has 0 saturated heterocycles. The van der Waals surface area contributed by atoms with Gasteiger partial charge in [0, 0.05) is 11.3 Å². The molecule has 2 heteroatoms. The zero-order chi connectivity index (χ0) is 10.2. The molecule has 0 spiro atoms. The van der Waals surface area contributed by atoms with Crippen molar-refractivity contribution in [2.45, 2.75) is 29.7 Å². The molecule has 0 radical (unpaired) electrons. The summed E-state index contributed by atoms with van der Waals surface area (Å²) in [5, 5.41) is 10.4. The summed E-state index contributed by atoms with van der Waals surface area (Å²) >= 11 is 6.30. The maximum absolute atomic E-state index is 10.2. The van der Waals surface area contributed by atoms with Gasteiger partial charge in [-0.2, -0.15) is 0 Å². The highest BCUT2D eigenvalue weighted by atomic mass is 35.5. The van der Waals surface area contributed by atoms with E-state index in [-0.39, 0.29) is 11.5 Å². The maximum atomic E-state index is 10.2. The number of hydrogen-bond donors (Lipinski definition) is 1. The van der Waals surface area contributed by atoms with Crippen LogP contribution < -0.4 is 0 Å². The van der Waals surface area contributed by atoms with Gasteiger partial charge in [0.2, 0.25) is 0 Å². The van der Waals surface area contributed by atoms with Crippen molar-refractivity contribution in [3.8, 4) is 0 Å². The van der Waals surface area contributed by atoms with Gasteiger partial charge in [-0.3, -0.25) is 0 Å². The zero-order valence-electron chi connectivity index (χ0n) is 8.31. The van der Waals surface area contributed by atoms with E-state index in [9.17, 15) is 5.11 Å². The van der Waals surface area contributed by atoms with Crippen LogP contribution in [0.5, 0.6) is 0 Å². The molecule has 0 heterocycles. The molecular formula is C13H13ClO. The molecule has 0 aromatic heterocycles. The highest BCUT2D eigenvalue weighted by Gasteiger charge is 2.63. The van der Waals surface area contributed by atoms with E-state index >= 15 is 0 Å². The van der Waals surface area contributed by atoms with Gasteiger partial charge < -0.3 is 5.11 Å². The second-order valence-corrected chi connectivity index (χ2v) is 5.72. The van der Waals surface area contributed by atoms with Crippen LogP contribution in [0.1, 0.15) is 29.4 Å². The first kappa shape index (κ1) is 8.60. The molecule has 4 rings (SSSR count). The molecule has 3 aliphatic rings. The summed E-state index contributed by atoms with van der Waals surface area (Å²) < 4.78 is 0. The summed E-state index contributed by atoms with van der Waals surface area (Å²) in [6.45, 7) is 0. The lowest BCUT2D eigenvalue weighted by Crippen LogP contribution is -2.34. The Kier molecular flexibility index (Phi) is 1.48. The monoisotopic (exact) mass is 220 g/mol. The van der Waals surface area contributed by atoms with Crippen molar-refractivity contribution >= 4 is 11.6 Å². The second-order valence-electron chi connectivity index (χ2n) is 5.16. The Morgan fingerprint density at radius 2 is 1.80 bits per heavy atom. The van der Waals surface area contributed by atoms with Crippen molar-refractivity contribution in [2.24, 2.45) is 11.8 Å². The Balaban J connectivity index is 1.86. The lowest BCUT2D eigenvalue weighted by Gasteiger charge is -2.43. The Bertz CT molecular complexity index is 430. The topological polar surface area (TPSA) is 20.2 Å². The van der Waals surface area contributed by atoms with Gasteiger partial charge in [0.05, 0.1) is 6.10 Å². The lowest BCUT2D eigenvalue weighted by molar-refractivity contribution is 0.126. The van der Waals surface area contributed by atoms with Crippen LogP contribution in [-0.4, -0.2) is 16.6 Å². The van der Waals surface area contributed by atoms with Crippen molar-refractivity contribution in [3.63, 3.8) is 0 Å². The van der Waals surface area contributed by atoms with Crippen LogP contribution in [0.15, 0.2) is 24.3 Å². The average molecular weight is 221 g/mol. The van der Waals surface area contributed by atoms with E-state index in [4.69, 9.17) is 11.6 Å². The molecule has 0 amide bonds. The second kappa shape index (κ2) is 2.58. The summed E-state index contributed by atoms with van der Waals surface area (Å²) in [5.41, 5.74) is 2.91. The summed E-state index contributed by atoms with van der Waals surface area (Å²) in [7, 11) is 0. The molecule has 0 unspecified atom stereocenters. The highest BCUT2D eigenvalue weighted by molar-refractivity contribution is 6.21. The summed E-state index contributed by atoms with van der Waals surface area (Å²) in [4.78, 5) is 0. The first-order chi connectivity index (χ1) is 7.29. The molecule has 1 nitrogen and oxygen atoms in total. The van der Waals surface area contributed by atoms with Gasteiger partial charge in [-0.25, -0.2) is 0 Å². The standard InChI is InChI=1S/C13H13ClO/c14-9-5-8-10-6-3-1-2-4-7(6)11(10)12(9)13(8)15/h1-4,8-13,15H,5H2/t8-,9+,10-,11-,12+,13+/m0/s1. The van der Waals surface area contributed by atoms with E-state index in [1.54, 1.807) is 0 Å². The maximum Gasteiger partial charge on any atom is 0.0623 e. The Morgan fingerprint density at radius 3 is 2.53 bits per heavy atom. The minimum absolute atomic E-state index is 0.158. The number of alkyl halides is 1. The number of benzene rings is 1. The molecule has 6 atom stereocenters. The van der Waals surface area contributed by atoms with Crippen molar-refractivity contribution in [2.75, 3.05) is 0 Å². The normalized spacial score (nSPS) is 49.7. The van der Waals surface area contributed by atoms with Gasteiger partial charge in [0.25, 0.3) is 0 Å². The van der Waals surface area contributed by atoms with Crippen LogP contribution in [0.25, 0.3) is 0 Å². The number of aliphatic hydroxyl groups is 1. The fourth-order valence-electron chi connectivity index (χ4n) is 4.20. The predicted octanol–water partition coefficient (Wildman–Crippen LogP) is 2.49. The first-order valence-electron chi connectivity index (χ1n) is 5.70. The predicted molar refractivity (Wildman–Crippen MR) is 59.2 cm³/mol. The third kappa shape index (κ3) is 0.821. The Morgan fingerprint density at radius 1 is 1.13 bits per heavy atom. The molecule has 0 aliphatic heterocycles. The van der Waals surface area contributed by atoms with Gasteiger partial charge in [0.1, 0.15) is 0 Å². The van der Waals surface area contributed by atoms with Crippen LogP contribution in [0.3, 0.4) is 0 Å². The summed E-state index contributed by atoms with van der Waals surface area (Å²) in [5.74, 6) is 1.91. The van der Waals surface area contributed by atoms with Crippen LogP contribution in [0.2, 0.25) is 0 Å². The minimum Gasteiger partial charge on any atom is -0.392 e. The van der Waals surface area contributed by atoms with Gasteiger partial charge in [0.15, 0.2) is 0 Å². The van der Waals surface area contributed by atoms with Crippen LogP contribution in [-0.2, 0) is 0 Å². The first-order valence-corrected chi connectivity index (χ1v) is 6.13. The Labute approximate surface area is 94.1 Å². The van der Waals surface area contributed by atoms with Gasteiger partial charge in [-0.1, -0.05) is 24.3 Å². The largest absolute Gasteiger partial charge is 0.392 e. The number of aliphatic hydroxyl groups excluding tert-OH is 1. The highest BCUT2D eigenvalue weighted by Crippen LogP contribution is 2.68. The van der Waals surface area contributed by atoms with Crippen molar-refractivity contribution in [1.29, 1.82) is 0 Å². The molecule has 2 saturated carbocycles. The van der Waals surface area contributed by atoms with E-state index in [0.717, 1.165) is 6.42 Å². The quantitative estimate of drug-likeness (QED) is 0.666. The lowest BCUT2D eigenvalue weighted by atomic mass is 9.61. The van der Waals surface area contributed by atoms with E-state index in [2.05, 4.69) is 24.3 Å². The van der Waals surface area contributed by atoms with E-state index in [1.165, 1.54) is 11.1 Å². The van der Waals surface area contributed by atoms with E-state index < -0.39 is 0 Å². The van der Waals surface area contributed by atoms with Crippen LogP contribution in [0, 0.1) is 11.8 Å². The molecule has 15 heavy (non-hydrogen) atoms. The van der Waals surface area contributed by atoms with E-state index in [1.807, 2.05) is 0 Å². The third-order valence-corrected chi connectivity index (χ3v) is 5.19. The van der Waals surface area contributed by atoms with Crippen LogP contribution in [0.4, 0.5) is 0 Å². The van der Waals surface area contributed by atoms with Crippen LogP contribution >= 0.6 is 11.6 Å². The summed E-state index contributed by atoms with van der Waals surface area (Å²) in [6, 6.07) is 8.61. The SMILES string of the molecule is O[C@@H]1[C@H]2C[C@@H](Cl)[C@@H]1[C@H]1c3ccccc3[C@@H]21. The smallest absolute Gasteiger partial charge is 0.0623 e. The van der Waals surface area contributed by atoms with Crippen molar-refractivity contribution in [1.82, 2.24) is 0 Å². The minimum atomic E-state index is -0.158. The number of fused-ring (bicyclic) bond motifs is 8. The molecule has 2 fully saturated rings. The van der Waals surface area contributed by atoms with Crippen molar-refractivity contribution < 1.29 is 5.11 Å². The molecule has 2 bridgehead atoms. The summed E-state index contributed by atoms with van der Waals surface area (Å²) in [6.07, 6.45) is 0.845. The Hall–Kier alpha value is -0.530. The molecule has 1 N–H and O–H groups in total. The fourth-order valence-corrected chi connectivity index (χ4v) is 4.72. The number of halogens is 1. The van der Waals surface area contributed by atoms with E-state index in [0.29, 0.717) is 23.7 Å². The fraction of sp³-hybridized carbons (Fsp3) is 0.538. The van der Waals surface area contributed by atoms with Gasteiger partial charge >= 0.3 is 0 Å². The van der Waals surface area contributed by atoms with Crippen molar-refractivity contribution in [3.05, 3.63) is 35.4 Å². The van der Waals surface area contributed by atoms with Gasteiger partial charge in [-0.05, 0) is 35.3 Å². The molecule has 1 aromatic rings. The average Bonchev–Trinajstić information content (AvgIpc) is 2.61. The molecule has 78 valence electrons. The molecular weight excluding hydrogens is 208 g/mol.